The Labute approximate surface area is 174 Å². The molecule has 2 aromatic carbocycles. The van der Waals surface area contributed by atoms with E-state index >= 15 is 0 Å². The zero-order valence-corrected chi connectivity index (χ0v) is 17.6. The van der Waals surface area contributed by atoms with Gasteiger partial charge in [0.25, 0.3) is 5.91 Å². The molecule has 9 heteroatoms. The molecule has 2 aromatic rings. The number of methoxy groups -OCH3 is 1. The predicted octanol–water partition coefficient (Wildman–Crippen LogP) is 4.43. The lowest BCUT2D eigenvalue weighted by molar-refractivity contribution is 0.102. The third-order valence-electron chi connectivity index (χ3n) is 4.54. The summed E-state index contributed by atoms with van der Waals surface area (Å²) in [5.41, 5.74) is 0.517. The van der Waals surface area contributed by atoms with E-state index in [1.54, 1.807) is 12.1 Å². The summed E-state index contributed by atoms with van der Waals surface area (Å²) >= 11 is 12.0. The summed E-state index contributed by atoms with van der Waals surface area (Å²) in [6.45, 7) is 0.917. The van der Waals surface area contributed by atoms with Gasteiger partial charge in [0.05, 0.1) is 17.8 Å². The Morgan fingerprint density at radius 3 is 2.46 bits per heavy atom. The van der Waals surface area contributed by atoms with Gasteiger partial charge >= 0.3 is 0 Å². The maximum absolute atomic E-state index is 13.1. The highest BCUT2D eigenvalue weighted by Crippen LogP contribution is 2.31. The second kappa shape index (κ2) is 8.69. The van der Waals surface area contributed by atoms with Crippen LogP contribution in [-0.2, 0) is 10.0 Å². The van der Waals surface area contributed by atoms with Crippen LogP contribution in [0.1, 0.15) is 29.6 Å². The van der Waals surface area contributed by atoms with E-state index < -0.39 is 15.9 Å². The van der Waals surface area contributed by atoms with Gasteiger partial charge in [0, 0.05) is 23.7 Å². The number of nitrogens with one attached hydrogen (secondary N) is 1. The number of carbonyl (C=O) groups is 1. The lowest BCUT2D eigenvalue weighted by Crippen LogP contribution is -2.35. The van der Waals surface area contributed by atoms with Gasteiger partial charge in [-0.1, -0.05) is 29.6 Å². The Bertz CT molecular complexity index is 989. The molecular weight excluding hydrogens is 423 g/mol. The topological polar surface area (TPSA) is 75.7 Å². The van der Waals surface area contributed by atoms with Gasteiger partial charge in [-0.2, -0.15) is 4.31 Å². The molecule has 0 saturated carbocycles. The number of anilines is 1. The van der Waals surface area contributed by atoms with Crippen molar-refractivity contribution in [1.29, 1.82) is 0 Å². The maximum Gasteiger partial charge on any atom is 0.255 e. The molecule has 1 fully saturated rings. The van der Waals surface area contributed by atoms with Crippen LogP contribution in [-0.4, -0.2) is 38.8 Å². The van der Waals surface area contributed by atoms with E-state index in [0.29, 0.717) is 28.8 Å². The van der Waals surface area contributed by atoms with Crippen molar-refractivity contribution in [3.63, 3.8) is 0 Å². The molecule has 6 nitrogen and oxygen atoms in total. The van der Waals surface area contributed by atoms with Crippen molar-refractivity contribution in [2.24, 2.45) is 0 Å². The van der Waals surface area contributed by atoms with Gasteiger partial charge in [0.15, 0.2) is 0 Å². The first-order chi connectivity index (χ1) is 13.3. The van der Waals surface area contributed by atoms with E-state index in [1.807, 2.05) is 0 Å². The summed E-state index contributed by atoms with van der Waals surface area (Å²) in [6.07, 6.45) is 2.63. The van der Waals surface area contributed by atoms with E-state index in [0.717, 1.165) is 19.3 Å². The molecule has 0 aliphatic carbocycles. The first-order valence-corrected chi connectivity index (χ1v) is 11.0. The number of ether oxygens (including phenoxy) is 1. The minimum absolute atomic E-state index is 0.0262. The predicted molar refractivity (Wildman–Crippen MR) is 110 cm³/mol. The van der Waals surface area contributed by atoms with Gasteiger partial charge in [0.1, 0.15) is 10.6 Å². The number of rotatable bonds is 5. The Balaban J connectivity index is 1.94. The number of piperidine rings is 1. The minimum atomic E-state index is -3.77. The first kappa shape index (κ1) is 20.9. The molecule has 1 amide bonds. The summed E-state index contributed by atoms with van der Waals surface area (Å²) < 4.78 is 32.8. The number of hydrogen-bond acceptors (Lipinski definition) is 4. The van der Waals surface area contributed by atoms with Gasteiger partial charge in [-0.25, -0.2) is 8.42 Å². The molecule has 1 aliphatic rings. The van der Waals surface area contributed by atoms with Crippen LogP contribution in [0.3, 0.4) is 0 Å². The fraction of sp³-hybridized carbons (Fsp3) is 0.316. The van der Waals surface area contributed by atoms with Gasteiger partial charge in [-0.05, 0) is 49.2 Å². The fourth-order valence-corrected chi connectivity index (χ4v) is 5.09. The molecule has 0 spiro atoms. The molecule has 150 valence electrons. The monoisotopic (exact) mass is 442 g/mol. The van der Waals surface area contributed by atoms with E-state index in [1.165, 1.54) is 35.7 Å². The Morgan fingerprint density at radius 2 is 1.79 bits per heavy atom. The fourth-order valence-electron chi connectivity index (χ4n) is 3.05. The molecule has 1 aliphatic heterocycles. The van der Waals surface area contributed by atoms with Crippen LogP contribution in [0.2, 0.25) is 10.0 Å². The van der Waals surface area contributed by atoms with Gasteiger partial charge in [-0.3, -0.25) is 4.79 Å². The summed E-state index contributed by atoms with van der Waals surface area (Å²) in [7, 11) is -2.37. The van der Waals surface area contributed by atoms with Crippen LogP contribution in [0.25, 0.3) is 0 Å². The average molecular weight is 443 g/mol. The summed E-state index contributed by atoms with van der Waals surface area (Å²) in [5.74, 6) is -0.301. The minimum Gasteiger partial charge on any atom is -0.495 e. The summed E-state index contributed by atoms with van der Waals surface area (Å²) in [4.78, 5) is 12.6. The SMILES string of the molecule is COc1ccc(C(=O)Nc2cc(Cl)ccc2Cl)cc1S(=O)(=O)N1CCCCC1. The molecule has 0 radical (unpaired) electrons. The molecule has 0 aromatic heterocycles. The summed E-state index contributed by atoms with van der Waals surface area (Å²) in [6, 6.07) is 9.01. The third-order valence-corrected chi connectivity index (χ3v) is 7.02. The maximum atomic E-state index is 13.1. The molecule has 1 saturated heterocycles. The number of hydrogen-bond donors (Lipinski definition) is 1. The number of halogens is 2. The molecule has 3 rings (SSSR count). The van der Waals surface area contributed by atoms with Crippen LogP contribution in [0.15, 0.2) is 41.3 Å². The van der Waals surface area contributed by atoms with Crippen LogP contribution in [0.4, 0.5) is 5.69 Å². The van der Waals surface area contributed by atoms with Crippen LogP contribution in [0, 0.1) is 0 Å². The second-order valence-electron chi connectivity index (χ2n) is 6.41. The van der Waals surface area contributed by atoms with Gasteiger partial charge in [0.2, 0.25) is 10.0 Å². The molecular formula is C19H20Cl2N2O4S. The number of amides is 1. The quantitative estimate of drug-likeness (QED) is 0.742. The number of sulfonamides is 1. The average Bonchev–Trinajstić information content (AvgIpc) is 2.70. The molecule has 0 unspecified atom stereocenters. The van der Waals surface area contributed by atoms with E-state index in [2.05, 4.69) is 5.32 Å². The van der Waals surface area contributed by atoms with Crippen molar-refractivity contribution in [2.75, 3.05) is 25.5 Å². The molecule has 1 N–H and O–H groups in total. The lowest BCUT2D eigenvalue weighted by Gasteiger charge is -2.26. The van der Waals surface area contributed by atoms with Crippen LogP contribution in [0.5, 0.6) is 5.75 Å². The Morgan fingerprint density at radius 1 is 1.07 bits per heavy atom. The largest absolute Gasteiger partial charge is 0.495 e. The highest BCUT2D eigenvalue weighted by atomic mass is 35.5. The number of carbonyl (C=O) groups excluding carboxylic acids is 1. The van der Waals surface area contributed by atoms with E-state index in [4.69, 9.17) is 27.9 Å². The number of nitrogens with zero attached hydrogens (tertiary/aromatic N) is 1. The van der Waals surface area contributed by atoms with Crippen molar-refractivity contribution in [2.45, 2.75) is 24.2 Å². The number of benzene rings is 2. The molecule has 0 atom stereocenters. The van der Waals surface area contributed by atoms with Crippen LogP contribution >= 0.6 is 23.2 Å². The normalized spacial score (nSPS) is 15.2. The zero-order valence-electron chi connectivity index (χ0n) is 15.2. The third kappa shape index (κ3) is 4.43. The van der Waals surface area contributed by atoms with E-state index in [9.17, 15) is 13.2 Å². The standard InChI is InChI=1S/C19H20Cl2N2O4S/c1-27-17-8-5-13(19(24)22-16-12-14(20)6-7-15(16)21)11-18(17)28(25,26)23-9-3-2-4-10-23/h5-8,11-12H,2-4,9-10H2,1H3,(H,22,24). The molecule has 1 heterocycles. The smallest absolute Gasteiger partial charge is 0.255 e. The van der Waals surface area contributed by atoms with Crippen molar-refractivity contribution in [1.82, 2.24) is 4.31 Å². The zero-order chi connectivity index (χ0) is 20.3. The van der Waals surface area contributed by atoms with E-state index in [-0.39, 0.29) is 16.2 Å². The van der Waals surface area contributed by atoms with Crippen molar-refractivity contribution in [3.8, 4) is 5.75 Å². The Kier molecular flexibility index (Phi) is 6.50. The second-order valence-corrected chi connectivity index (χ2v) is 9.16. The summed E-state index contributed by atoms with van der Waals surface area (Å²) in [5, 5.41) is 3.40. The highest BCUT2D eigenvalue weighted by molar-refractivity contribution is 7.89. The van der Waals surface area contributed by atoms with Gasteiger partial charge < -0.3 is 10.1 Å². The van der Waals surface area contributed by atoms with Crippen molar-refractivity contribution in [3.05, 3.63) is 52.0 Å². The van der Waals surface area contributed by atoms with Crippen molar-refractivity contribution < 1.29 is 17.9 Å². The van der Waals surface area contributed by atoms with Gasteiger partial charge in [-0.15, -0.1) is 0 Å². The van der Waals surface area contributed by atoms with Crippen molar-refractivity contribution >= 4 is 44.8 Å². The first-order valence-electron chi connectivity index (χ1n) is 8.77. The van der Waals surface area contributed by atoms with Crippen LogP contribution < -0.4 is 10.1 Å². The lowest BCUT2D eigenvalue weighted by atomic mass is 10.2. The molecule has 0 bridgehead atoms. The Hall–Kier alpha value is -1.80. The molecule has 28 heavy (non-hydrogen) atoms. The highest BCUT2D eigenvalue weighted by Gasteiger charge is 2.29.